The average molecular weight is 244 g/mol. The molecule has 3 nitrogen and oxygen atoms in total. The summed E-state index contributed by atoms with van der Waals surface area (Å²) in [6.45, 7) is 0.486. The Kier molecular flexibility index (Phi) is 4.31. The Labute approximate surface area is 106 Å². The first kappa shape index (κ1) is 12.6. The van der Waals surface area contributed by atoms with Gasteiger partial charge in [-0.1, -0.05) is 30.3 Å². The molecule has 0 amide bonds. The molecule has 0 saturated carbocycles. The summed E-state index contributed by atoms with van der Waals surface area (Å²) in [5.74, 6) is -0.307. The van der Waals surface area contributed by atoms with E-state index >= 15 is 0 Å². The molecule has 0 aliphatic carbocycles. The van der Waals surface area contributed by atoms with E-state index in [0.717, 1.165) is 10.8 Å². The van der Waals surface area contributed by atoms with Crippen LogP contribution in [-0.2, 0) is 4.74 Å². The standard InChI is InChI=1S/C15H16O3/c16-9-3-4-10-18-15(17)14-8-7-12-5-1-2-6-13(12)11-14/h1-2,5-8,11,16H,3-4,9-10H2. The lowest BCUT2D eigenvalue weighted by Crippen LogP contribution is -2.06. The van der Waals surface area contributed by atoms with Crippen LogP contribution in [0.15, 0.2) is 42.5 Å². The fourth-order valence-corrected chi connectivity index (χ4v) is 1.78. The number of esters is 1. The highest BCUT2D eigenvalue weighted by atomic mass is 16.5. The van der Waals surface area contributed by atoms with Gasteiger partial charge in [-0.3, -0.25) is 0 Å². The number of carbonyl (C=O) groups excluding carboxylic acids is 1. The maximum Gasteiger partial charge on any atom is 0.338 e. The highest BCUT2D eigenvalue weighted by Gasteiger charge is 2.07. The quantitative estimate of drug-likeness (QED) is 0.649. The van der Waals surface area contributed by atoms with Gasteiger partial charge >= 0.3 is 5.97 Å². The zero-order valence-electron chi connectivity index (χ0n) is 10.1. The van der Waals surface area contributed by atoms with E-state index in [1.54, 1.807) is 6.07 Å². The van der Waals surface area contributed by atoms with Crippen molar-refractivity contribution in [2.45, 2.75) is 12.8 Å². The van der Waals surface area contributed by atoms with E-state index in [1.807, 2.05) is 36.4 Å². The SMILES string of the molecule is O=C(OCCCCO)c1ccc2ccccc2c1. The van der Waals surface area contributed by atoms with Gasteiger partial charge in [0, 0.05) is 6.61 Å². The van der Waals surface area contributed by atoms with E-state index < -0.39 is 0 Å². The maximum atomic E-state index is 11.8. The Morgan fingerprint density at radius 1 is 1.06 bits per heavy atom. The lowest BCUT2D eigenvalue weighted by Gasteiger charge is -2.05. The molecule has 2 aromatic rings. The minimum Gasteiger partial charge on any atom is -0.462 e. The lowest BCUT2D eigenvalue weighted by molar-refractivity contribution is 0.0493. The third kappa shape index (κ3) is 3.08. The van der Waals surface area contributed by atoms with Crippen LogP contribution in [0.3, 0.4) is 0 Å². The van der Waals surface area contributed by atoms with Gasteiger partial charge in [-0.15, -0.1) is 0 Å². The minimum absolute atomic E-state index is 0.132. The minimum atomic E-state index is -0.307. The van der Waals surface area contributed by atoms with Gasteiger partial charge in [0.1, 0.15) is 0 Å². The average Bonchev–Trinajstić information content (AvgIpc) is 2.43. The van der Waals surface area contributed by atoms with Gasteiger partial charge in [-0.2, -0.15) is 0 Å². The molecule has 0 saturated heterocycles. The lowest BCUT2D eigenvalue weighted by atomic mass is 10.1. The molecule has 3 heteroatoms. The molecule has 0 bridgehead atoms. The number of hydrogen-bond donors (Lipinski definition) is 1. The Hall–Kier alpha value is -1.87. The van der Waals surface area contributed by atoms with Gasteiger partial charge in [0.15, 0.2) is 0 Å². The van der Waals surface area contributed by atoms with E-state index in [4.69, 9.17) is 9.84 Å². The van der Waals surface area contributed by atoms with Crippen molar-refractivity contribution in [3.8, 4) is 0 Å². The molecule has 2 aromatic carbocycles. The molecule has 94 valence electrons. The van der Waals surface area contributed by atoms with Gasteiger partial charge in [0.25, 0.3) is 0 Å². The summed E-state index contributed by atoms with van der Waals surface area (Å²) in [7, 11) is 0. The van der Waals surface area contributed by atoms with E-state index in [-0.39, 0.29) is 12.6 Å². The third-order valence-corrected chi connectivity index (χ3v) is 2.77. The van der Waals surface area contributed by atoms with Gasteiger partial charge in [-0.25, -0.2) is 4.79 Å². The molecule has 18 heavy (non-hydrogen) atoms. The molecule has 0 unspecified atom stereocenters. The normalized spacial score (nSPS) is 10.5. The molecule has 1 N–H and O–H groups in total. The predicted molar refractivity (Wildman–Crippen MR) is 70.6 cm³/mol. The Balaban J connectivity index is 2.04. The largest absolute Gasteiger partial charge is 0.462 e. The van der Waals surface area contributed by atoms with E-state index in [9.17, 15) is 4.79 Å². The molecule has 0 aromatic heterocycles. The molecule has 0 spiro atoms. The maximum absolute atomic E-state index is 11.8. The molecule has 2 rings (SSSR count). The van der Waals surface area contributed by atoms with Crippen LogP contribution in [0.2, 0.25) is 0 Å². The zero-order valence-corrected chi connectivity index (χ0v) is 10.1. The molecular weight excluding hydrogens is 228 g/mol. The van der Waals surface area contributed by atoms with Gasteiger partial charge in [0.2, 0.25) is 0 Å². The molecule has 0 fully saturated rings. The summed E-state index contributed by atoms with van der Waals surface area (Å²) in [6.07, 6.45) is 1.35. The number of fused-ring (bicyclic) bond motifs is 1. The van der Waals surface area contributed by atoms with Crippen LogP contribution < -0.4 is 0 Å². The highest BCUT2D eigenvalue weighted by Crippen LogP contribution is 2.16. The van der Waals surface area contributed by atoms with Crippen LogP contribution in [0, 0.1) is 0 Å². The van der Waals surface area contributed by atoms with Crippen LogP contribution in [0.1, 0.15) is 23.2 Å². The number of ether oxygens (including phenoxy) is 1. The van der Waals surface area contributed by atoms with Crippen LogP contribution in [0.4, 0.5) is 0 Å². The summed E-state index contributed by atoms with van der Waals surface area (Å²) in [5.41, 5.74) is 0.567. The second-order valence-electron chi connectivity index (χ2n) is 4.13. The molecule has 0 aliphatic heterocycles. The molecule has 0 atom stereocenters. The van der Waals surface area contributed by atoms with Crippen molar-refractivity contribution in [2.75, 3.05) is 13.2 Å². The Bertz CT molecular complexity index is 534. The Morgan fingerprint density at radius 3 is 2.61 bits per heavy atom. The fourth-order valence-electron chi connectivity index (χ4n) is 1.78. The van der Waals surface area contributed by atoms with Crippen molar-refractivity contribution in [3.05, 3.63) is 48.0 Å². The van der Waals surface area contributed by atoms with Crippen LogP contribution in [0.25, 0.3) is 10.8 Å². The highest BCUT2D eigenvalue weighted by molar-refractivity contribution is 5.95. The Morgan fingerprint density at radius 2 is 1.83 bits per heavy atom. The number of unbranched alkanes of at least 4 members (excludes halogenated alkanes) is 1. The summed E-state index contributed by atoms with van der Waals surface area (Å²) < 4.78 is 5.13. The third-order valence-electron chi connectivity index (χ3n) is 2.77. The van der Waals surface area contributed by atoms with Crippen molar-refractivity contribution < 1.29 is 14.6 Å². The van der Waals surface area contributed by atoms with E-state index in [0.29, 0.717) is 25.0 Å². The topological polar surface area (TPSA) is 46.5 Å². The van der Waals surface area contributed by atoms with Crippen LogP contribution in [-0.4, -0.2) is 24.3 Å². The second-order valence-corrected chi connectivity index (χ2v) is 4.13. The van der Waals surface area contributed by atoms with Gasteiger partial charge < -0.3 is 9.84 Å². The van der Waals surface area contributed by atoms with Crippen molar-refractivity contribution in [2.24, 2.45) is 0 Å². The molecular formula is C15H16O3. The molecule has 0 aliphatic rings. The molecule has 0 radical (unpaired) electrons. The van der Waals surface area contributed by atoms with E-state index in [2.05, 4.69) is 0 Å². The van der Waals surface area contributed by atoms with Crippen molar-refractivity contribution >= 4 is 16.7 Å². The van der Waals surface area contributed by atoms with E-state index in [1.165, 1.54) is 0 Å². The summed E-state index contributed by atoms with van der Waals surface area (Å²) in [4.78, 5) is 11.8. The first-order valence-corrected chi connectivity index (χ1v) is 6.08. The summed E-state index contributed by atoms with van der Waals surface area (Å²) >= 11 is 0. The smallest absolute Gasteiger partial charge is 0.338 e. The number of benzene rings is 2. The zero-order chi connectivity index (χ0) is 12.8. The second kappa shape index (κ2) is 6.17. The summed E-state index contributed by atoms with van der Waals surface area (Å²) in [5, 5.41) is 10.8. The van der Waals surface area contributed by atoms with Crippen LogP contribution >= 0.6 is 0 Å². The van der Waals surface area contributed by atoms with Crippen molar-refractivity contribution in [1.29, 1.82) is 0 Å². The fraction of sp³-hybridized carbons (Fsp3) is 0.267. The number of rotatable bonds is 5. The number of hydrogen-bond acceptors (Lipinski definition) is 3. The monoisotopic (exact) mass is 244 g/mol. The van der Waals surface area contributed by atoms with Crippen molar-refractivity contribution in [1.82, 2.24) is 0 Å². The molecule has 0 heterocycles. The predicted octanol–water partition coefficient (Wildman–Crippen LogP) is 2.77. The first-order chi connectivity index (χ1) is 8.81. The summed E-state index contributed by atoms with van der Waals surface area (Å²) in [6, 6.07) is 13.4. The number of aliphatic hydroxyl groups is 1. The van der Waals surface area contributed by atoms with Gasteiger partial charge in [-0.05, 0) is 35.7 Å². The first-order valence-electron chi connectivity index (χ1n) is 6.08. The van der Waals surface area contributed by atoms with Gasteiger partial charge in [0.05, 0.1) is 12.2 Å². The number of carbonyl (C=O) groups is 1. The number of aliphatic hydroxyl groups excluding tert-OH is 1. The van der Waals surface area contributed by atoms with Crippen LogP contribution in [0.5, 0.6) is 0 Å². The van der Waals surface area contributed by atoms with Crippen molar-refractivity contribution in [3.63, 3.8) is 0 Å².